The summed E-state index contributed by atoms with van der Waals surface area (Å²) < 4.78 is 17.9. The Morgan fingerprint density at radius 2 is 1.57 bits per heavy atom. The number of alkyl carbamates (subject to hydrolysis) is 1. The van der Waals surface area contributed by atoms with Gasteiger partial charge >= 0.3 is 6.09 Å². The molecule has 22 nitrogen and oxygen atoms in total. The third-order valence-electron chi connectivity index (χ3n) is 16.8. The summed E-state index contributed by atoms with van der Waals surface area (Å²) in [7, 11) is 0. The normalized spacial score (nSPS) is 24.5. The van der Waals surface area contributed by atoms with E-state index in [1.807, 2.05) is 30.3 Å². The van der Waals surface area contributed by atoms with Gasteiger partial charge in [-0.05, 0) is 95.2 Å². The molecule has 1 saturated heterocycles. The highest BCUT2D eigenvalue weighted by Crippen LogP contribution is 2.52. The molecule has 10 N–H and O–H groups in total. The fraction of sp³-hybridized carbons (Fsp3) is 0.525. The van der Waals surface area contributed by atoms with Gasteiger partial charge in [0.1, 0.15) is 29.8 Å². The number of nitrogens with zero attached hydrogens (tertiary/aromatic N) is 1. The number of fused-ring (bicyclic) bond motifs is 3. The van der Waals surface area contributed by atoms with Gasteiger partial charge in [-0.25, -0.2) is 4.79 Å². The second-order valence-electron chi connectivity index (χ2n) is 22.6. The number of Topliss-reactive ketones (excluding diaryl/α,β-unsaturated/α-hetero) is 2. The Kier molecular flexibility index (Phi) is 20.5. The zero-order chi connectivity index (χ0) is 59.7. The molecule has 0 spiro atoms. The van der Waals surface area contributed by atoms with Crippen molar-refractivity contribution >= 4 is 52.9 Å². The molecule has 0 bridgehead atoms. The zero-order valence-corrected chi connectivity index (χ0v) is 46.8. The van der Waals surface area contributed by atoms with Crippen LogP contribution in [0.2, 0.25) is 0 Å². The van der Waals surface area contributed by atoms with E-state index in [1.54, 1.807) is 19.1 Å². The summed E-state index contributed by atoms with van der Waals surface area (Å²) in [5.41, 5.74) is 3.30. The van der Waals surface area contributed by atoms with Crippen molar-refractivity contribution in [3.8, 4) is 11.5 Å². The first-order valence-corrected chi connectivity index (χ1v) is 28.7. The van der Waals surface area contributed by atoms with Gasteiger partial charge in [-0.1, -0.05) is 61.4 Å². The lowest BCUT2D eigenvalue weighted by Gasteiger charge is -2.42. The number of ether oxygens (including phenoxy) is 3. The number of aliphatic hydroxyl groups is 3. The molecule has 2 aliphatic heterocycles. The number of carbonyl (C=O) groups is 9. The molecule has 5 unspecified atom stereocenters. The molecule has 5 amide bonds. The third-order valence-corrected chi connectivity index (χ3v) is 16.8. The number of phenolic OH excluding ortho intramolecular Hbond substituents is 2. The molecule has 0 aromatic heterocycles. The summed E-state index contributed by atoms with van der Waals surface area (Å²) in [5, 5.41) is 65.1. The number of unbranched alkanes of at least 4 members (excludes halogenated alkanes) is 3. The highest BCUT2D eigenvalue weighted by atomic mass is 16.7. The molecular weight excluding hydrogens is 1070 g/mol. The molecule has 83 heavy (non-hydrogen) atoms. The van der Waals surface area contributed by atoms with Crippen molar-refractivity contribution in [2.45, 2.75) is 165 Å². The fourth-order valence-electron chi connectivity index (χ4n) is 12.1. The van der Waals surface area contributed by atoms with Crippen molar-refractivity contribution in [1.82, 2.24) is 20.9 Å². The SMILES string of the molecule is Cc1cccc2c1C(=O)c1c(O)c3c(c(O)c1C2=O)CC(O)(C(=O)CO)CC3OC1C[C@H](NC(=O)OCC2CCC(NC(=O)C(CCCCN)CC(=O)C(Cc3ccccc3)NC(=O)CCCCCN3C(=O)C=CC3=O)CC2)[C@H](O)[C@H](C)O1. The number of nitrogens with two attached hydrogens (primary N) is 1. The molecule has 3 aromatic rings. The Hall–Kier alpha value is -7.21. The van der Waals surface area contributed by atoms with Crippen molar-refractivity contribution in [2.24, 2.45) is 17.6 Å². The highest BCUT2D eigenvalue weighted by Gasteiger charge is 2.50. The van der Waals surface area contributed by atoms with Gasteiger partial charge in [0.15, 0.2) is 29.4 Å². The van der Waals surface area contributed by atoms with E-state index in [1.165, 1.54) is 25.1 Å². The summed E-state index contributed by atoms with van der Waals surface area (Å²) in [6.45, 7) is 2.72. The number of rotatable bonds is 25. The van der Waals surface area contributed by atoms with E-state index in [-0.39, 0.29) is 102 Å². The first kappa shape index (κ1) is 61.9. The molecule has 2 heterocycles. The van der Waals surface area contributed by atoms with E-state index in [9.17, 15) is 68.7 Å². The van der Waals surface area contributed by atoms with Crippen LogP contribution in [0.1, 0.15) is 157 Å². The molecule has 8 atom stereocenters. The summed E-state index contributed by atoms with van der Waals surface area (Å²) in [6.07, 6.45) is 0.901. The first-order valence-electron chi connectivity index (χ1n) is 28.7. The van der Waals surface area contributed by atoms with Crippen LogP contribution < -0.4 is 21.7 Å². The number of amides is 5. The number of aliphatic hydroxyl groups excluding tert-OH is 2. The molecule has 3 aliphatic carbocycles. The summed E-state index contributed by atoms with van der Waals surface area (Å²) in [5.74, 6) is -6.37. The summed E-state index contributed by atoms with van der Waals surface area (Å²) in [6, 6.07) is 11.7. The van der Waals surface area contributed by atoms with Crippen molar-refractivity contribution in [3.05, 3.63) is 105 Å². The van der Waals surface area contributed by atoms with E-state index in [4.69, 9.17) is 19.9 Å². The van der Waals surface area contributed by atoms with E-state index in [0.29, 0.717) is 76.3 Å². The second-order valence-corrected chi connectivity index (χ2v) is 22.6. The Bertz CT molecular complexity index is 2980. The van der Waals surface area contributed by atoms with Crippen LogP contribution in [-0.4, -0.2) is 152 Å². The largest absolute Gasteiger partial charge is 0.507 e. The number of hydrogen-bond acceptors (Lipinski definition) is 18. The van der Waals surface area contributed by atoms with Crippen LogP contribution in [0.25, 0.3) is 0 Å². The Balaban J connectivity index is 0.841. The molecule has 22 heteroatoms. The van der Waals surface area contributed by atoms with Crippen molar-refractivity contribution in [2.75, 3.05) is 26.3 Å². The van der Waals surface area contributed by atoms with Gasteiger partial charge in [0.05, 0.1) is 42.0 Å². The Labute approximate surface area is 480 Å². The van der Waals surface area contributed by atoms with Gasteiger partial charge in [0, 0.05) is 85.0 Å². The van der Waals surface area contributed by atoms with Crippen LogP contribution in [0.3, 0.4) is 0 Å². The lowest BCUT2D eigenvalue weighted by molar-refractivity contribution is -0.249. The maximum atomic E-state index is 14.1. The smallest absolute Gasteiger partial charge is 0.407 e. The minimum absolute atomic E-state index is 0.00643. The van der Waals surface area contributed by atoms with Crippen LogP contribution >= 0.6 is 0 Å². The number of aromatic hydroxyl groups is 2. The maximum Gasteiger partial charge on any atom is 0.407 e. The molecule has 1 saturated carbocycles. The monoisotopic (exact) mass is 1150 g/mol. The van der Waals surface area contributed by atoms with Crippen molar-refractivity contribution < 1.29 is 82.9 Å². The van der Waals surface area contributed by atoms with Gasteiger partial charge < -0.3 is 61.4 Å². The number of ketones is 4. The van der Waals surface area contributed by atoms with Crippen LogP contribution in [0, 0.1) is 18.8 Å². The quantitative estimate of drug-likeness (QED) is 0.0260. The summed E-state index contributed by atoms with van der Waals surface area (Å²) in [4.78, 5) is 121. The lowest BCUT2D eigenvalue weighted by Crippen LogP contribution is -2.56. The van der Waals surface area contributed by atoms with Gasteiger partial charge in [-0.3, -0.25) is 43.3 Å². The zero-order valence-electron chi connectivity index (χ0n) is 46.8. The molecular formula is C61H75N5O17. The van der Waals surface area contributed by atoms with E-state index in [2.05, 4.69) is 16.0 Å². The van der Waals surface area contributed by atoms with Gasteiger partial charge in [-0.15, -0.1) is 0 Å². The minimum atomic E-state index is -2.37. The number of aryl methyl sites for hydroxylation is 1. The maximum absolute atomic E-state index is 14.1. The van der Waals surface area contributed by atoms with Crippen LogP contribution in [0.15, 0.2) is 60.7 Å². The predicted octanol–water partition coefficient (Wildman–Crippen LogP) is 3.66. The Morgan fingerprint density at radius 1 is 0.855 bits per heavy atom. The van der Waals surface area contributed by atoms with Crippen LogP contribution in [0.5, 0.6) is 11.5 Å². The Morgan fingerprint density at radius 3 is 2.27 bits per heavy atom. The predicted molar refractivity (Wildman–Crippen MR) is 297 cm³/mol. The van der Waals surface area contributed by atoms with Crippen molar-refractivity contribution in [3.63, 3.8) is 0 Å². The molecule has 3 aromatic carbocycles. The third kappa shape index (κ3) is 14.4. The van der Waals surface area contributed by atoms with E-state index >= 15 is 0 Å². The number of phenols is 2. The number of imide groups is 1. The van der Waals surface area contributed by atoms with Crippen molar-refractivity contribution in [1.29, 1.82) is 0 Å². The summed E-state index contributed by atoms with van der Waals surface area (Å²) >= 11 is 0. The van der Waals surface area contributed by atoms with Gasteiger partial charge in [0.25, 0.3) is 11.8 Å². The second kappa shape index (κ2) is 27.5. The number of hydrogen-bond donors (Lipinski definition) is 9. The fourth-order valence-corrected chi connectivity index (χ4v) is 12.1. The number of nitrogens with one attached hydrogen (secondary N) is 3. The first-order chi connectivity index (χ1) is 39.7. The van der Waals surface area contributed by atoms with Gasteiger partial charge in [0.2, 0.25) is 11.8 Å². The number of benzene rings is 3. The molecule has 2 fully saturated rings. The lowest BCUT2D eigenvalue weighted by atomic mass is 9.71. The van der Waals surface area contributed by atoms with E-state index < -0.39 is 114 Å². The topological polar surface area (TPSA) is 348 Å². The average Bonchev–Trinajstić information content (AvgIpc) is 1.49. The van der Waals surface area contributed by atoms with Gasteiger partial charge in [-0.2, -0.15) is 0 Å². The molecule has 5 aliphatic rings. The van der Waals surface area contributed by atoms with Crippen LogP contribution in [-0.2, 0) is 55.8 Å². The average molecular weight is 1150 g/mol. The number of carbonyl (C=O) groups excluding carboxylic acids is 9. The molecule has 8 rings (SSSR count). The van der Waals surface area contributed by atoms with E-state index in [0.717, 1.165) is 10.5 Å². The van der Waals surface area contributed by atoms with Crippen LogP contribution in [0.4, 0.5) is 4.79 Å². The standard InChI is InChI=1S/C61H75N5O17/c1-33-12-11-16-39-50(33)57(76)53-52(55(39)74)56(75)40-29-61(80,45(69)31-67)30-44(51(40)58(53)77)83-49-28-42(54(73)34(2)82-49)65-60(79)81-32-36-18-20-38(21-19-36)63-59(78)37(15-8-9-24-62)27-43(68)41(26-35-13-5-3-6-14-35)64-46(70)17-7-4-10-25-66-47(71)22-23-48(66)72/h3,5-6,11-14,16,22-23,34,36-38,41-42,44,49,54,67,73,75,77,80H,4,7-10,15,17-21,24-32,62H2,1-2H3,(H,63,78)(H,64,70)(H,65,79)/t34-,36?,37?,38?,41?,42-,44?,49?,54+,61?/m0/s1. The minimum Gasteiger partial charge on any atom is -0.507 e. The molecule has 446 valence electrons. The highest BCUT2D eigenvalue weighted by molar-refractivity contribution is 6.31. The molecule has 0 radical (unpaired) electrons.